The Morgan fingerprint density at radius 1 is 1.04 bits per heavy atom. The summed E-state index contributed by atoms with van der Waals surface area (Å²) in [5.74, 6) is -0.314. The van der Waals surface area contributed by atoms with Crippen molar-refractivity contribution < 1.29 is 13.2 Å². The zero-order valence-electron chi connectivity index (χ0n) is 16.7. The van der Waals surface area contributed by atoms with Crippen LogP contribution in [0, 0.1) is 13.8 Å². The number of hydrogen-bond donors (Lipinski definition) is 1. The van der Waals surface area contributed by atoms with Crippen molar-refractivity contribution in [2.24, 2.45) is 0 Å². The van der Waals surface area contributed by atoms with Gasteiger partial charge in [0, 0.05) is 24.3 Å². The Morgan fingerprint density at radius 3 is 2.46 bits per heavy atom. The summed E-state index contributed by atoms with van der Waals surface area (Å²) >= 11 is 0. The molecule has 2 aromatic rings. The van der Waals surface area contributed by atoms with Gasteiger partial charge < -0.3 is 5.32 Å². The molecule has 0 radical (unpaired) electrons. The molecule has 0 unspecified atom stereocenters. The van der Waals surface area contributed by atoms with Gasteiger partial charge >= 0.3 is 0 Å². The summed E-state index contributed by atoms with van der Waals surface area (Å²) in [6.07, 6.45) is 5.06. The zero-order chi connectivity index (χ0) is 20.3. The van der Waals surface area contributed by atoms with Crippen LogP contribution in [0.3, 0.4) is 0 Å². The minimum Gasteiger partial charge on any atom is -0.322 e. The van der Waals surface area contributed by atoms with Gasteiger partial charge in [0.1, 0.15) is 0 Å². The quantitative estimate of drug-likeness (QED) is 0.803. The van der Waals surface area contributed by atoms with Gasteiger partial charge in [-0.25, -0.2) is 8.42 Å². The number of anilines is 1. The number of aryl methyl sites for hydroxylation is 2. The second-order valence-electron chi connectivity index (χ2n) is 7.61. The molecular weight excluding hydrogens is 372 g/mol. The Labute approximate surface area is 167 Å². The van der Waals surface area contributed by atoms with Crippen molar-refractivity contribution in [2.45, 2.75) is 56.9 Å². The molecule has 1 fully saturated rings. The van der Waals surface area contributed by atoms with E-state index in [1.807, 2.05) is 32.0 Å². The Balaban J connectivity index is 1.82. The van der Waals surface area contributed by atoms with E-state index in [1.54, 1.807) is 25.2 Å². The highest BCUT2D eigenvalue weighted by Gasteiger charge is 2.29. The number of nitrogens with one attached hydrogen (secondary N) is 1. The molecule has 1 aliphatic carbocycles. The molecule has 1 amide bonds. The van der Waals surface area contributed by atoms with Gasteiger partial charge in [-0.2, -0.15) is 4.31 Å². The van der Waals surface area contributed by atoms with Crippen LogP contribution in [0.4, 0.5) is 5.69 Å². The van der Waals surface area contributed by atoms with Crippen LogP contribution in [0.2, 0.25) is 0 Å². The van der Waals surface area contributed by atoms with E-state index in [0.717, 1.165) is 42.5 Å². The van der Waals surface area contributed by atoms with E-state index in [1.165, 1.54) is 16.8 Å². The average molecular weight is 401 g/mol. The fraction of sp³-hybridized carbons (Fsp3) is 0.409. The first-order valence-corrected chi connectivity index (χ1v) is 11.2. The van der Waals surface area contributed by atoms with Gasteiger partial charge in [-0.05, 0) is 62.1 Å². The lowest BCUT2D eigenvalue weighted by molar-refractivity contribution is 0.102. The van der Waals surface area contributed by atoms with Crippen molar-refractivity contribution in [1.82, 2.24) is 4.31 Å². The predicted octanol–water partition coefficient (Wildman–Crippen LogP) is 4.51. The summed E-state index contributed by atoms with van der Waals surface area (Å²) in [6.45, 7) is 3.89. The molecule has 0 atom stereocenters. The maximum Gasteiger partial charge on any atom is 0.255 e. The third-order valence-corrected chi connectivity index (χ3v) is 7.41. The summed E-state index contributed by atoms with van der Waals surface area (Å²) in [5, 5.41) is 2.89. The van der Waals surface area contributed by atoms with Crippen LogP contribution in [0.25, 0.3) is 0 Å². The first-order chi connectivity index (χ1) is 13.3. The molecule has 2 aromatic carbocycles. The fourth-order valence-corrected chi connectivity index (χ4v) is 5.13. The van der Waals surface area contributed by atoms with E-state index in [0.29, 0.717) is 5.56 Å². The van der Waals surface area contributed by atoms with E-state index in [-0.39, 0.29) is 16.8 Å². The second-order valence-corrected chi connectivity index (χ2v) is 9.61. The Kier molecular flexibility index (Phi) is 6.20. The molecule has 0 aromatic heterocycles. The molecule has 6 heteroatoms. The minimum atomic E-state index is -3.63. The van der Waals surface area contributed by atoms with Crippen LogP contribution in [0.1, 0.15) is 53.6 Å². The monoisotopic (exact) mass is 400 g/mol. The zero-order valence-corrected chi connectivity index (χ0v) is 17.6. The van der Waals surface area contributed by atoms with Gasteiger partial charge in [-0.1, -0.05) is 37.5 Å². The van der Waals surface area contributed by atoms with Crippen LogP contribution in [0.15, 0.2) is 47.4 Å². The van der Waals surface area contributed by atoms with E-state index < -0.39 is 10.0 Å². The summed E-state index contributed by atoms with van der Waals surface area (Å²) in [4.78, 5) is 12.9. The molecule has 0 bridgehead atoms. The molecule has 0 saturated heterocycles. The standard InChI is InChI=1S/C22H28N2O3S/c1-16-12-13-17(2)21(14-16)23-22(25)18-8-7-11-20(15-18)28(26,27)24(3)19-9-5-4-6-10-19/h7-8,11-15,19H,4-6,9-10H2,1-3H3,(H,23,25). The Bertz CT molecular complexity index is 963. The first kappa shape index (κ1) is 20.6. The number of amides is 1. The smallest absolute Gasteiger partial charge is 0.255 e. The molecule has 5 nitrogen and oxygen atoms in total. The molecule has 0 aliphatic heterocycles. The molecule has 1 aliphatic rings. The average Bonchev–Trinajstić information content (AvgIpc) is 2.71. The highest BCUT2D eigenvalue weighted by molar-refractivity contribution is 7.89. The van der Waals surface area contributed by atoms with E-state index in [2.05, 4.69) is 5.32 Å². The molecule has 1 N–H and O–H groups in total. The normalized spacial score (nSPS) is 15.6. The Hall–Kier alpha value is -2.18. The van der Waals surface area contributed by atoms with Crippen LogP contribution < -0.4 is 5.32 Å². The molecule has 3 rings (SSSR count). The van der Waals surface area contributed by atoms with Crippen molar-refractivity contribution in [3.05, 3.63) is 59.2 Å². The van der Waals surface area contributed by atoms with Crippen molar-refractivity contribution in [2.75, 3.05) is 12.4 Å². The van der Waals surface area contributed by atoms with Gasteiger partial charge in [0.2, 0.25) is 10.0 Å². The summed E-state index contributed by atoms with van der Waals surface area (Å²) in [7, 11) is -1.98. The number of sulfonamides is 1. The topological polar surface area (TPSA) is 66.5 Å². The third-order valence-electron chi connectivity index (χ3n) is 5.50. The van der Waals surface area contributed by atoms with Gasteiger partial charge in [-0.15, -0.1) is 0 Å². The summed E-state index contributed by atoms with van der Waals surface area (Å²) in [6, 6.07) is 12.2. The summed E-state index contributed by atoms with van der Waals surface area (Å²) in [5.41, 5.74) is 3.07. The highest BCUT2D eigenvalue weighted by atomic mass is 32.2. The van der Waals surface area contributed by atoms with Crippen molar-refractivity contribution in [3.63, 3.8) is 0 Å². The molecule has 1 saturated carbocycles. The molecular formula is C22H28N2O3S. The first-order valence-electron chi connectivity index (χ1n) is 9.76. The lowest BCUT2D eigenvalue weighted by Crippen LogP contribution is -2.38. The van der Waals surface area contributed by atoms with Crippen molar-refractivity contribution >= 4 is 21.6 Å². The van der Waals surface area contributed by atoms with E-state index in [4.69, 9.17) is 0 Å². The van der Waals surface area contributed by atoms with Gasteiger partial charge in [0.05, 0.1) is 4.90 Å². The molecule has 150 valence electrons. The van der Waals surface area contributed by atoms with Crippen LogP contribution in [-0.4, -0.2) is 31.7 Å². The fourth-order valence-electron chi connectivity index (χ4n) is 3.67. The minimum absolute atomic E-state index is 0.0335. The molecule has 0 spiro atoms. The number of nitrogens with zero attached hydrogens (tertiary/aromatic N) is 1. The van der Waals surface area contributed by atoms with Crippen molar-refractivity contribution in [3.8, 4) is 0 Å². The highest BCUT2D eigenvalue weighted by Crippen LogP contribution is 2.27. The van der Waals surface area contributed by atoms with Gasteiger partial charge in [0.15, 0.2) is 0 Å². The van der Waals surface area contributed by atoms with Gasteiger partial charge in [0.25, 0.3) is 5.91 Å². The van der Waals surface area contributed by atoms with Gasteiger partial charge in [-0.3, -0.25) is 4.79 Å². The predicted molar refractivity (Wildman–Crippen MR) is 112 cm³/mol. The maximum absolute atomic E-state index is 13.1. The molecule has 28 heavy (non-hydrogen) atoms. The SMILES string of the molecule is Cc1ccc(C)c(NC(=O)c2cccc(S(=O)(=O)N(C)C3CCCCC3)c2)c1. The number of rotatable bonds is 5. The summed E-state index contributed by atoms with van der Waals surface area (Å²) < 4.78 is 27.6. The number of carbonyl (C=O) groups excluding carboxylic acids is 1. The van der Waals surface area contributed by atoms with Crippen LogP contribution >= 0.6 is 0 Å². The van der Waals surface area contributed by atoms with Crippen LogP contribution in [0.5, 0.6) is 0 Å². The lowest BCUT2D eigenvalue weighted by atomic mass is 9.96. The third kappa shape index (κ3) is 4.45. The maximum atomic E-state index is 13.1. The molecule has 0 heterocycles. The van der Waals surface area contributed by atoms with Crippen LogP contribution in [-0.2, 0) is 10.0 Å². The number of carbonyl (C=O) groups is 1. The number of benzene rings is 2. The number of hydrogen-bond acceptors (Lipinski definition) is 3. The second kappa shape index (κ2) is 8.45. The van der Waals surface area contributed by atoms with Crippen molar-refractivity contribution in [1.29, 1.82) is 0 Å². The van der Waals surface area contributed by atoms with E-state index >= 15 is 0 Å². The lowest BCUT2D eigenvalue weighted by Gasteiger charge is -2.30. The Morgan fingerprint density at radius 2 is 1.75 bits per heavy atom. The largest absolute Gasteiger partial charge is 0.322 e. The van der Waals surface area contributed by atoms with E-state index in [9.17, 15) is 13.2 Å².